The molecule has 110 valence electrons. The number of halogens is 1. The number of carbonyl (C=O) groups is 2. The Morgan fingerprint density at radius 3 is 2.65 bits per heavy atom. The molecule has 0 aromatic heterocycles. The number of carboxylic acids is 1. The molecule has 0 atom stereocenters. The Hall–Kier alpha value is -2.31. The van der Waals surface area contributed by atoms with Crippen molar-refractivity contribution in [2.75, 3.05) is 11.9 Å². The fourth-order valence-electron chi connectivity index (χ4n) is 1.39. The highest BCUT2D eigenvalue weighted by molar-refractivity contribution is 5.89. The van der Waals surface area contributed by atoms with Crippen molar-refractivity contribution in [3.63, 3.8) is 0 Å². The molecule has 3 N–H and O–H groups in total. The number of hydrogen-bond acceptors (Lipinski definition) is 3. The van der Waals surface area contributed by atoms with E-state index in [0.29, 0.717) is 5.75 Å². The maximum Gasteiger partial charge on any atom is 0.319 e. The number of carbonyl (C=O) groups excluding carboxylic acids is 1. The summed E-state index contributed by atoms with van der Waals surface area (Å²) in [6, 6.07) is 3.43. The molecular weight excluding hydrogens is 267 g/mol. The zero-order valence-corrected chi connectivity index (χ0v) is 11.3. The molecule has 0 fully saturated rings. The summed E-state index contributed by atoms with van der Waals surface area (Å²) in [5, 5.41) is 13.0. The van der Waals surface area contributed by atoms with Crippen molar-refractivity contribution in [3.8, 4) is 5.75 Å². The second-order valence-corrected chi connectivity index (χ2v) is 4.33. The van der Waals surface area contributed by atoms with Gasteiger partial charge in [0.2, 0.25) is 0 Å². The maximum atomic E-state index is 13.7. The van der Waals surface area contributed by atoms with Crippen molar-refractivity contribution in [2.45, 2.75) is 26.4 Å². The Morgan fingerprint density at radius 2 is 2.10 bits per heavy atom. The zero-order valence-electron chi connectivity index (χ0n) is 11.3. The van der Waals surface area contributed by atoms with Gasteiger partial charge in [-0.15, -0.1) is 0 Å². The molecule has 0 aliphatic carbocycles. The zero-order chi connectivity index (χ0) is 15.1. The van der Waals surface area contributed by atoms with E-state index < -0.39 is 17.8 Å². The maximum absolute atomic E-state index is 13.7. The van der Waals surface area contributed by atoms with Crippen molar-refractivity contribution in [1.82, 2.24) is 5.32 Å². The van der Waals surface area contributed by atoms with Gasteiger partial charge in [0.1, 0.15) is 11.6 Å². The van der Waals surface area contributed by atoms with Gasteiger partial charge in [-0.1, -0.05) is 0 Å². The van der Waals surface area contributed by atoms with E-state index >= 15 is 0 Å². The summed E-state index contributed by atoms with van der Waals surface area (Å²) >= 11 is 0. The van der Waals surface area contributed by atoms with Crippen LogP contribution < -0.4 is 15.4 Å². The lowest BCUT2D eigenvalue weighted by atomic mass is 10.3. The number of rotatable bonds is 6. The van der Waals surface area contributed by atoms with Crippen molar-refractivity contribution in [3.05, 3.63) is 24.0 Å². The summed E-state index contributed by atoms with van der Waals surface area (Å²) in [4.78, 5) is 21.7. The molecule has 0 aliphatic heterocycles. The quantitative estimate of drug-likeness (QED) is 0.747. The van der Waals surface area contributed by atoms with Crippen LogP contribution in [0.4, 0.5) is 14.9 Å². The summed E-state index contributed by atoms with van der Waals surface area (Å²) in [6.07, 6.45) is -0.274. The van der Waals surface area contributed by atoms with Gasteiger partial charge in [0.05, 0.1) is 18.2 Å². The van der Waals surface area contributed by atoms with E-state index in [1.165, 1.54) is 18.2 Å². The lowest BCUT2D eigenvalue weighted by Gasteiger charge is -2.12. The van der Waals surface area contributed by atoms with Crippen molar-refractivity contribution >= 4 is 17.7 Å². The summed E-state index contributed by atoms with van der Waals surface area (Å²) in [6.45, 7) is 3.61. The number of hydrogen-bond donors (Lipinski definition) is 3. The lowest BCUT2D eigenvalue weighted by molar-refractivity contribution is -0.136. The topological polar surface area (TPSA) is 87.7 Å². The normalized spacial score (nSPS) is 10.2. The van der Waals surface area contributed by atoms with Crippen LogP contribution in [0.5, 0.6) is 5.75 Å². The number of anilines is 1. The molecule has 2 amide bonds. The Balaban J connectivity index is 2.55. The predicted octanol–water partition coefficient (Wildman–Crippen LogP) is 2.21. The third kappa shape index (κ3) is 5.55. The van der Waals surface area contributed by atoms with E-state index in [1.54, 1.807) is 0 Å². The molecule has 0 saturated carbocycles. The molecule has 0 aliphatic rings. The van der Waals surface area contributed by atoms with Gasteiger partial charge in [-0.3, -0.25) is 4.79 Å². The first-order valence-electron chi connectivity index (χ1n) is 6.11. The van der Waals surface area contributed by atoms with Crippen LogP contribution in [0.1, 0.15) is 20.3 Å². The molecule has 1 aromatic carbocycles. The van der Waals surface area contributed by atoms with E-state index in [4.69, 9.17) is 9.84 Å². The SMILES string of the molecule is CC(C)Oc1ccc(NC(=O)NCCC(=O)O)c(F)c1. The molecular formula is C13H17FN2O4. The molecule has 1 rings (SSSR count). The van der Waals surface area contributed by atoms with Gasteiger partial charge in [-0.2, -0.15) is 0 Å². The van der Waals surface area contributed by atoms with E-state index in [-0.39, 0.29) is 24.8 Å². The van der Waals surface area contributed by atoms with Gasteiger partial charge in [0.15, 0.2) is 0 Å². The minimum atomic E-state index is -1.02. The highest BCUT2D eigenvalue weighted by Gasteiger charge is 2.09. The highest BCUT2D eigenvalue weighted by atomic mass is 19.1. The molecule has 0 bridgehead atoms. The first kappa shape index (κ1) is 15.7. The fraction of sp³-hybridized carbons (Fsp3) is 0.385. The average molecular weight is 284 g/mol. The summed E-state index contributed by atoms with van der Waals surface area (Å²) < 4.78 is 19.0. The fourth-order valence-corrected chi connectivity index (χ4v) is 1.39. The Labute approximate surface area is 115 Å². The molecule has 0 saturated heterocycles. The molecule has 1 aromatic rings. The van der Waals surface area contributed by atoms with Crippen LogP contribution >= 0.6 is 0 Å². The third-order valence-corrected chi connectivity index (χ3v) is 2.18. The smallest absolute Gasteiger partial charge is 0.319 e. The molecule has 6 nitrogen and oxygen atoms in total. The van der Waals surface area contributed by atoms with Crippen LogP contribution in [-0.4, -0.2) is 29.8 Å². The Kier molecular flexibility index (Phi) is 5.76. The van der Waals surface area contributed by atoms with Crippen molar-refractivity contribution in [1.29, 1.82) is 0 Å². The second-order valence-electron chi connectivity index (χ2n) is 4.33. The number of aliphatic carboxylic acids is 1. The van der Waals surface area contributed by atoms with Gasteiger partial charge in [-0.25, -0.2) is 9.18 Å². The predicted molar refractivity (Wildman–Crippen MR) is 71.4 cm³/mol. The van der Waals surface area contributed by atoms with Crippen LogP contribution in [0, 0.1) is 5.82 Å². The highest BCUT2D eigenvalue weighted by Crippen LogP contribution is 2.21. The number of ether oxygens (including phenoxy) is 1. The van der Waals surface area contributed by atoms with Crippen LogP contribution in [0.25, 0.3) is 0 Å². The third-order valence-electron chi connectivity index (χ3n) is 2.18. The van der Waals surface area contributed by atoms with Crippen LogP contribution in [0.15, 0.2) is 18.2 Å². The molecule has 7 heteroatoms. The molecule has 0 spiro atoms. The standard InChI is InChI=1S/C13H17FN2O4/c1-8(2)20-9-3-4-11(10(14)7-9)16-13(19)15-6-5-12(17)18/h3-4,7-8H,5-6H2,1-2H3,(H,17,18)(H2,15,16,19). The van der Waals surface area contributed by atoms with E-state index in [1.807, 2.05) is 13.8 Å². The number of amides is 2. The van der Waals surface area contributed by atoms with Crippen LogP contribution in [0.3, 0.4) is 0 Å². The number of benzene rings is 1. The first-order chi connectivity index (χ1) is 9.38. The monoisotopic (exact) mass is 284 g/mol. The van der Waals surface area contributed by atoms with Gasteiger partial charge in [0.25, 0.3) is 0 Å². The number of carboxylic acid groups (broad SMARTS) is 1. The number of nitrogens with one attached hydrogen (secondary N) is 2. The van der Waals surface area contributed by atoms with E-state index in [2.05, 4.69) is 10.6 Å². The lowest BCUT2D eigenvalue weighted by Crippen LogP contribution is -2.30. The molecule has 0 unspecified atom stereocenters. The second kappa shape index (κ2) is 7.32. The first-order valence-corrected chi connectivity index (χ1v) is 6.11. The van der Waals surface area contributed by atoms with Crippen molar-refractivity contribution < 1.29 is 23.8 Å². The van der Waals surface area contributed by atoms with E-state index in [9.17, 15) is 14.0 Å². The van der Waals surface area contributed by atoms with Crippen LogP contribution in [-0.2, 0) is 4.79 Å². The van der Waals surface area contributed by atoms with Crippen LogP contribution in [0.2, 0.25) is 0 Å². The van der Waals surface area contributed by atoms with Gasteiger partial charge in [-0.05, 0) is 26.0 Å². The van der Waals surface area contributed by atoms with Crippen molar-refractivity contribution in [2.24, 2.45) is 0 Å². The molecule has 0 radical (unpaired) electrons. The minimum absolute atomic E-state index is 0.00562. The Bertz CT molecular complexity index is 491. The van der Waals surface area contributed by atoms with Gasteiger partial charge >= 0.3 is 12.0 Å². The summed E-state index contributed by atoms with van der Waals surface area (Å²) in [5.41, 5.74) is -0.00562. The Morgan fingerprint density at radius 1 is 1.40 bits per heavy atom. The average Bonchev–Trinajstić information content (AvgIpc) is 2.31. The number of urea groups is 1. The minimum Gasteiger partial charge on any atom is -0.491 e. The largest absolute Gasteiger partial charge is 0.491 e. The molecule has 20 heavy (non-hydrogen) atoms. The van der Waals surface area contributed by atoms with Gasteiger partial charge < -0.3 is 20.5 Å². The summed E-state index contributed by atoms with van der Waals surface area (Å²) in [5.74, 6) is -1.28. The molecule has 0 heterocycles. The summed E-state index contributed by atoms with van der Waals surface area (Å²) in [7, 11) is 0. The van der Waals surface area contributed by atoms with E-state index in [0.717, 1.165) is 0 Å². The van der Waals surface area contributed by atoms with Gasteiger partial charge in [0, 0.05) is 12.6 Å².